The third-order valence-electron chi connectivity index (χ3n) is 4.16. The second kappa shape index (κ2) is 5.37. The summed E-state index contributed by atoms with van der Waals surface area (Å²) >= 11 is 8.12. The third-order valence-corrected chi connectivity index (χ3v) is 5.55. The van der Waals surface area contributed by atoms with Crippen LogP contribution in [0.4, 0.5) is 0 Å². The Kier molecular flexibility index (Phi) is 3.77. The van der Waals surface area contributed by atoms with E-state index in [9.17, 15) is 0 Å². The molecule has 1 aliphatic rings. The summed E-state index contributed by atoms with van der Waals surface area (Å²) in [6.07, 6.45) is 6.08. The summed E-state index contributed by atoms with van der Waals surface area (Å²) in [6.45, 7) is 2.17. The van der Waals surface area contributed by atoms with Crippen molar-refractivity contribution in [2.75, 3.05) is 6.26 Å². The molecule has 0 saturated heterocycles. The summed E-state index contributed by atoms with van der Waals surface area (Å²) in [4.78, 5) is 4.73. The summed E-state index contributed by atoms with van der Waals surface area (Å²) in [6, 6.07) is 6.89. The summed E-state index contributed by atoms with van der Waals surface area (Å²) in [5, 5.41) is 0.693. The van der Waals surface area contributed by atoms with E-state index in [0.717, 1.165) is 11.3 Å². The van der Waals surface area contributed by atoms with E-state index >= 15 is 0 Å². The first kappa shape index (κ1) is 13.3. The molecule has 2 aromatic rings. The van der Waals surface area contributed by atoms with Gasteiger partial charge < -0.3 is 4.57 Å². The Morgan fingerprint density at radius 3 is 3.00 bits per heavy atom. The zero-order valence-corrected chi connectivity index (χ0v) is 13.0. The molecule has 1 aromatic carbocycles. The molecule has 0 N–H and O–H groups in total. The Balaban J connectivity index is 2.20. The highest BCUT2D eigenvalue weighted by Gasteiger charge is 2.31. The van der Waals surface area contributed by atoms with Crippen molar-refractivity contribution in [2.24, 2.45) is 0 Å². The number of rotatable bonds is 3. The van der Waals surface area contributed by atoms with Crippen LogP contribution in [0.1, 0.15) is 36.7 Å². The number of thioether (sulfide) groups is 1. The molecule has 0 aliphatic heterocycles. The number of hydrogen-bond donors (Lipinski definition) is 0. The number of fused-ring (bicyclic) bond motifs is 1. The van der Waals surface area contributed by atoms with Gasteiger partial charge in [-0.2, -0.15) is 11.8 Å². The molecule has 3 rings (SSSR count). The lowest BCUT2D eigenvalue weighted by Gasteiger charge is -2.22. The molecule has 1 heterocycles. The van der Waals surface area contributed by atoms with Gasteiger partial charge in [0.25, 0.3) is 0 Å². The third kappa shape index (κ3) is 2.17. The highest BCUT2D eigenvalue weighted by atomic mass is 35.5. The second-order valence-corrected chi connectivity index (χ2v) is 6.59. The van der Waals surface area contributed by atoms with Crippen molar-refractivity contribution >= 4 is 34.4 Å². The predicted octanol–water partition coefficient (Wildman–Crippen LogP) is 4.54. The van der Waals surface area contributed by atoms with E-state index < -0.39 is 0 Å². The molecule has 0 bridgehead atoms. The molecular formula is C15H19ClN2S. The number of nitrogens with zero attached hydrogens (tertiary/aromatic N) is 2. The first-order valence-electron chi connectivity index (χ1n) is 6.81. The summed E-state index contributed by atoms with van der Waals surface area (Å²) in [7, 11) is 0. The van der Waals surface area contributed by atoms with Crippen LogP contribution >= 0.6 is 23.4 Å². The lowest BCUT2D eigenvalue weighted by atomic mass is 10.1. The van der Waals surface area contributed by atoms with Crippen molar-refractivity contribution in [2.45, 2.75) is 43.4 Å². The Bertz CT molecular complexity index is 593. The van der Waals surface area contributed by atoms with Crippen LogP contribution in [-0.4, -0.2) is 21.1 Å². The number of para-hydroxylation sites is 1. The van der Waals surface area contributed by atoms with Crippen LogP contribution in [0.3, 0.4) is 0 Å². The Hall–Kier alpha value is -0.670. The van der Waals surface area contributed by atoms with Gasteiger partial charge in [-0.1, -0.05) is 18.6 Å². The van der Waals surface area contributed by atoms with Gasteiger partial charge in [-0.3, -0.25) is 0 Å². The molecule has 1 saturated carbocycles. The fourth-order valence-corrected chi connectivity index (χ4v) is 4.46. The maximum Gasteiger partial charge on any atom is 0.125 e. The largest absolute Gasteiger partial charge is 0.323 e. The zero-order chi connectivity index (χ0) is 13.4. The van der Waals surface area contributed by atoms with E-state index in [-0.39, 0.29) is 0 Å². The van der Waals surface area contributed by atoms with E-state index in [1.807, 2.05) is 11.8 Å². The number of imidazole rings is 1. The maximum atomic E-state index is 6.14. The van der Waals surface area contributed by atoms with Crippen LogP contribution in [0.15, 0.2) is 18.2 Å². The molecule has 1 aromatic heterocycles. The molecule has 1 fully saturated rings. The molecular weight excluding hydrogens is 276 g/mol. The quantitative estimate of drug-likeness (QED) is 0.774. The number of halogens is 1. The van der Waals surface area contributed by atoms with E-state index in [1.54, 1.807) is 0 Å². The highest BCUT2D eigenvalue weighted by molar-refractivity contribution is 7.99. The van der Waals surface area contributed by atoms with Crippen molar-refractivity contribution in [1.82, 2.24) is 9.55 Å². The number of aryl methyl sites for hydroxylation is 1. The average molecular weight is 295 g/mol. The van der Waals surface area contributed by atoms with Crippen molar-refractivity contribution in [3.8, 4) is 0 Å². The van der Waals surface area contributed by atoms with Gasteiger partial charge >= 0.3 is 0 Å². The molecule has 19 heavy (non-hydrogen) atoms. The lowest BCUT2D eigenvalue weighted by Crippen LogP contribution is -2.18. The minimum absolute atomic E-state index is 0.492. The first-order valence-corrected chi connectivity index (χ1v) is 8.63. The molecule has 0 spiro atoms. The monoisotopic (exact) mass is 294 g/mol. The van der Waals surface area contributed by atoms with E-state index in [1.165, 1.54) is 30.3 Å². The van der Waals surface area contributed by atoms with Gasteiger partial charge in [0, 0.05) is 11.3 Å². The smallest absolute Gasteiger partial charge is 0.125 e. The predicted molar refractivity (Wildman–Crippen MR) is 84.2 cm³/mol. The van der Waals surface area contributed by atoms with Crippen LogP contribution < -0.4 is 0 Å². The van der Waals surface area contributed by atoms with Gasteiger partial charge in [0.1, 0.15) is 5.82 Å². The van der Waals surface area contributed by atoms with Gasteiger partial charge in [-0.25, -0.2) is 4.98 Å². The molecule has 2 nitrogen and oxygen atoms in total. The number of aromatic nitrogens is 2. The maximum absolute atomic E-state index is 6.14. The summed E-state index contributed by atoms with van der Waals surface area (Å²) in [5.41, 5.74) is 3.67. The normalized spacial score (nSPS) is 23.3. The fourth-order valence-electron chi connectivity index (χ4n) is 3.30. The SMILES string of the molecule is CSC1CCCC1n1c(CCl)nc2cccc(C)c21. The number of alkyl halides is 1. The minimum atomic E-state index is 0.492. The lowest BCUT2D eigenvalue weighted by molar-refractivity contribution is 0.527. The van der Waals surface area contributed by atoms with Crippen LogP contribution in [0.5, 0.6) is 0 Å². The summed E-state index contributed by atoms with van der Waals surface area (Å²) in [5.74, 6) is 1.52. The molecule has 1 aliphatic carbocycles. The topological polar surface area (TPSA) is 17.8 Å². The highest BCUT2D eigenvalue weighted by Crippen LogP contribution is 2.40. The standard InChI is InChI=1S/C15H19ClN2S/c1-10-5-3-6-11-15(10)18(14(9-16)17-11)12-7-4-8-13(12)19-2/h3,5-6,12-13H,4,7-9H2,1-2H3. The van der Waals surface area contributed by atoms with Crippen molar-refractivity contribution < 1.29 is 0 Å². The van der Waals surface area contributed by atoms with Gasteiger partial charge in [-0.15, -0.1) is 11.6 Å². The van der Waals surface area contributed by atoms with Gasteiger partial charge in [0.2, 0.25) is 0 Å². The molecule has 0 amide bonds. The molecule has 0 radical (unpaired) electrons. The fraction of sp³-hybridized carbons (Fsp3) is 0.533. The molecule has 2 atom stereocenters. The Morgan fingerprint density at radius 2 is 2.26 bits per heavy atom. The number of benzene rings is 1. The van der Waals surface area contributed by atoms with E-state index in [0.29, 0.717) is 17.2 Å². The number of hydrogen-bond acceptors (Lipinski definition) is 2. The molecule has 102 valence electrons. The van der Waals surface area contributed by atoms with Crippen LogP contribution in [-0.2, 0) is 5.88 Å². The summed E-state index contributed by atoms with van der Waals surface area (Å²) < 4.78 is 2.42. The van der Waals surface area contributed by atoms with Crippen LogP contribution in [0, 0.1) is 6.92 Å². The van der Waals surface area contributed by atoms with Crippen LogP contribution in [0.2, 0.25) is 0 Å². The second-order valence-electron chi connectivity index (χ2n) is 5.25. The first-order chi connectivity index (χ1) is 9.26. The average Bonchev–Trinajstić information content (AvgIpc) is 3.01. The van der Waals surface area contributed by atoms with Crippen LogP contribution in [0.25, 0.3) is 11.0 Å². The van der Waals surface area contributed by atoms with Gasteiger partial charge in [0.15, 0.2) is 0 Å². The van der Waals surface area contributed by atoms with Gasteiger partial charge in [0.05, 0.1) is 16.9 Å². The van der Waals surface area contributed by atoms with Crippen molar-refractivity contribution in [1.29, 1.82) is 0 Å². The van der Waals surface area contributed by atoms with Gasteiger partial charge in [-0.05, 0) is 37.7 Å². The van der Waals surface area contributed by atoms with E-state index in [4.69, 9.17) is 16.6 Å². The minimum Gasteiger partial charge on any atom is -0.323 e. The van der Waals surface area contributed by atoms with Crippen molar-refractivity contribution in [3.05, 3.63) is 29.6 Å². The molecule has 2 unspecified atom stereocenters. The Labute approximate surface area is 123 Å². The zero-order valence-electron chi connectivity index (χ0n) is 11.4. The molecule has 4 heteroatoms. The Morgan fingerprint density at radius 1 is 1.42 bits per heavy atom. The van der Waals surface area contributed by atoms with Crippen molar-refractivity contribution in [3.63, 3.8) is 0 Å². The van der Waals surface area contributed by atoms with E-state index in [2.05, 4.69) is 35.9 Å².